The smallest absolute Gasteiger partial charge is 0.407 e. The van der Waals surface area contributed by atoms with Crippen LogP contribution in [0.4, 0.5) is 4.79 Å². The minimum Gasteiger partial charge on any atom is -0.444 e. The van der Waals surface area contributed by atoms with E-state index in [1.807, 2.05) is 0 Å². The highest BCUT2D eigenvalue weighted by Crippen LogP contribution is 2.06. The van der Waals surface area contributed by atoms with E-state index >= 15 is 0 Å². The Balaban J connectivity index is 3.94. The minimum atomic E-state index is -3.25. The molecule has 0 saturated carbocycles. The topological polar surface area (TPSA) is 92.7 Å². The van der Waals surface area contributed by atoms with Crippen LogP contribution in [0.15, 0.2) is 0 Å². The molecule has 0 aromatic rings. The molecule has 0 aromatic carbocycles. The lowest BCUT2D eigenvalue weighted by Gasteiger charge is -2.20. The number of hydrogen-bond donors (Lipinski definition) is 2. The van der Waals surface area contributed by atoms with Crippen molar-refractivity contribution in [3.63, 3.8) is 0 Å². The van der Waals surface area contributed by atoms with Gasteiger partial charge in [0.2, 0.25) is 0 Å². The largest absolute Gasteiger partial charge is 0.444 e. The number of hydrogen-bond acceptors (Lipinski definition) is 5. The van der Waals surface area contributed by atoms with Crippen LogP contribution in [0, 0.1) is 0 Å². The maximum Gasteiger partial charge on any atom is 0.407 e. The first-order chi connectivity index (χ1) is 6.99. The van der Waals surface area contributed by atoms with Gasteiger partial charge in [-0.2, -0.15) is 0 Å². The number of sulfone groups is 1. The molecule has 1 atom stereocenters. The number of rotatable bonds is 4. The number of carbonyl (C=O) groups is 1. The van der Waals surface area contributed by atoms with Crippen LogP contribution in [0.5, 0.6) is 0 Å². The zero-order chi connectivity index (χ0) is 13.0. The summed E-state index contributed by atoms with van der Waals surface area (Å²) in [7, 11) is -3.25. The van der Waals surface area contributed by atoms with E-state index in [4.69, 9.17) is 4.74 Å². The first kappa shape index (κ1) is 15.2. The van der Waals surface area contributed by atoms with E-state index in [9.17, 15) is 18.3 Å². The third kappa shape index (κ3) is 9.72. The minimum absolute atomic E-state index is 0.151. The second kappa shape index (κ2) is 5.49. The van der Waals surface area contributed by atoms with Gasteiger partial charge in [-0.05, 0) is 20.8 Å². The van der Waals surface area contributed by atoms with Crippen molar-refractivity contribution in [2.45, 2.75) is 32.5 Å². The van der Waals surface area contributed by atoms with Gasteiger partial charge in [0.1, 0.15) is 15.4 Å². The molecule has 0 heterocycles. The van der Waals surface area contributed by atoms with E-state index < -0.39 is 27.6 Å². The molecule has 0 aromatic heterocycles. The number of aliphatic hydroxyl groups excluding tert-OH is 1. The van der Waals surface area contributed by atoms with E-state index in [0.717, 1.165) is 6.26 Å². The molecular weight excluding hydrogens is 234 g/mol. The highest BCUT2D eigenvalue weighted by Gasteiger charge is 2.18. The summed E-state index contributed by atoms with van der Waals surface area (Å²) < 4.78 is 26.5. The lowest BCUT2D eigenvalue weighted by Crippen LogP contribution is -2.39. The van der Waals surface area contributed by atoms with Gasteiger partial charge in [-0.25, -0.2) is 13.2 Å². The van der Waals surface area contributed by atoms with Crippen LogP contribution < -0.4 is 5.32 Å². The molecule has 0 unspecified atom stereocenters. The molecule has 1 amide bonds. The molecule has 0 aliphatic rings. The van der Waals surface area contributed by atoms with E-state index in [0.29, 0.717) is 0 Å². The molecule has 0 fully saturated rings. The molecule has 6 nitrogen and oxygen atoms in total. The van der Waals surface area contributed by atoms with Gasteiger partial charge in [-0.3, -0.25) is 0 Å². The molecule has 0 saturated heterocycles. The Kier molecular flexibility index (Phi) is 5.21. The molecule has 7 heteroatoms. The molecule has 16 heavy (non-hydrogen) atoms. The van der Waals surface area contributed by atoms with Crippen LogP contribution in [-0.2, 0) is 14.6 Å². The third-order valence-electron chi connectivity index (χ3n) is 1.38. The fraction of sp³-hybridized carbons (Fsp3) is 0.889. The van der Waals surface area contributed by atoms with Crippen molar-refractivity contribution in [3.05, 3.63) is 0 Å². The summed E-state index contributed by atoms with van der Waals surface area (Å²) in [6, 6.07) is 0. The van der Waals surface area contributed by atoms with Gasteiger partial charge in [0.25, 0.3) is 0 Å². The zero-order valence-electron chi connectivity index (χ0n) is 9.98. The predicted molar refractivity (Wildman–Crippen MR) is 60.0 cm³/mol. The summed E-state index contributed by atoms with van der Waals surface area (Å²) in [5, 5.41) is 11.6. The Labute approximate surface area is 95.9 Å². The summed E-state index contributed by atoms with van der Waals surface area (Å²) in [5.74, 6) is -0.386. The standard InChI is InChI=1S/C9H19NO5S/c1-9(2,3)15-8(12)10-5-7(11)6-16(4,13)14/h7,11H,5-6H2,1-4H3,(H,10,12)/t7-/m1/s1. The molecule has 0 aliphatic heterocycles. The fourth-order valence-electron chi connectivity index (χ4n) is 0.924. The van der Waals surface area contributed by atoms with Crippen molar-refractivity contribution in [1.29, 1.82) is 0 Å². The van der Waals surface area contributed by atoms with Crippen molar-refractivity contribution < 1.29 is 23.1 Å². The Bertz CT molecular complexity index is 330. The number of aliphatic hydroxyl groups is 1. The number of alkyl carbamates (subject to hydrolysis) is 1. The monoisotopic (exact) mass is 253 g/mol. The lowest BCUT2D eigenvalue weighted by molar-refractivity contribution is 0.0498. The molecule has 96 valence electrons. The first-order valence-corrected chi connectivity index (χ1v) is 6.88. The van der Waals surface area contributed by atoms with E-state index in [2.05, 4.69) is 5.32 Å². The summed E-state index contributed by atoms with van der Waals surface area (Å²) in [6.45, 7) is 4.97. The van der Waals surface area contributed by atoms with Gasteiger partial charge in [0, 0.05) is 12.8 Å². The van der Waals surface area contributed by atoms with Crippen LogP contribution in [-0.4, -0.2) is 49.9 Å². The molecule has 2 N–H and O–H groups in total. The summed E-state index contributed by atoms with van der Waals surface area (Å²) in [6.07, 6.45) is -0.786. The third-order valence-corrected chi connectivity index (χ3v) is 2.37. The van der Waals surface area contributed by atoms with Crippen LogP contribution in [0.25, 0.3) is 0 Å². The van der Waals surface area contributed by atoms with Crippen molar-refractivity contribution in [2.24, 2.45) is 0 Å². The van der Waals surface area contributed by atoms with Gasteiger partial charge in [0.05, 0.1) is 11.9 Å². The van der Waals surface area contributed by atoms with E-state index in [1.165, 1.54) is 0 Å². The van der Waals surface area contributed by atoms with Gasteiger partial charge in [0.15, 0.2) is 0 Å². The summed E-state index contributed by atoms with van der Waals surface area (Å²) >= 11 is 0. The zero-order valence-corrected chi connectivity index (χ0v) is 10.8. The summed E-state index contributed by atoms with van der Waals surface area (Å²) in [4.78, 5) is 11.1. The Morgan fingerprint density at radius 1 is 1.44 bits per heavy atom. The predicted octanol–water partition coefficient (Wildman–Crippen LogP) is -0.0834. The Morgan fingerprint density at radius 2 is 1.94 bits per heavy atom. The number of carbonyl (C=O) groups excluding carboxylic acids is 1. The average Bonchev–Trinajstić information content (AvgIpc) is 1.94. The van der Waals surface area contributed by atoms with Gasteiger partial charge in [-0.1, -0.05) is 0 Å². The lowest BCUT2D eigenvalue weighted by atomic mass is 10.2. The highest BCUT2D eigenvalue weighted by molar-refractivity contribution is 7.90. The quantitative estimate of drug-likeness (QED) is 0.731. The first-order valence-electron chi connectivity index (χ1n) is 4.82. The molecule has 0 rings (SSSR count). The van der Waals surface area contributed by atoms with Crippen molar-refractivity contribution in [1.82, 2.24) is 5.32 Å². The molecular formula is C9H19NO5S. The van der Waals surface area contributed by atoms with Gasteiger partial charge >= 0.3 is 6.09 Å². The number of amides is 1. The van der Waals surface area contributed by atoms with Crippen molar-refractivity contribution in [3.8, 4) is 0 Å². The normalized spacial score (nSPS) is 14.3. The summed E-state index contributed by atoms with van der Waals surface area (Å²) in [5.41, 5.74) is -0.619. The molecule has 0 spiro atoms. The second-order valence-electron chi connectivity index (χ2n) is 4.63. The highest BCUT2D eigenvalue weighted by atomic mass is 32.2. The van der Waals surface area contributed by atoms with E-state index in [-0.39, 0.29) is 12.3 Å². The van der Waals surface area contributed by atoms with Crippen LogP contribution in [0.3, 0.4) is 0 Å². The maximum atomic E-state index is 11.1. The van der Waals surface area contributed by atoms with Crippen LogP contribution in [0.2, 0.25) is 0 Å². The molecule has 0 bridgehead atoms. The van der Waals surface area contributed by atoms with Crippen LogP contribution in [0.1, 0.15) is 20.8 Å². The average molecular weight is 253 g/mol. The second-order valence-corrected chi connectivity index (χ2v) is 6.81. The van der Waals surface area contributed by atoms with Crippen molar-refractivity contribution in [2.75, 3.05) is 18.6 Å². The van der Waals surface area contributed by atoms with Gasteiger partial charge in [-0.15, -0.1) is 0 Å². The van der Waals surface area contributed by atoms with Gasteiger partial charge < -0.3 is 15.2 Å². The molecule has 0 aliphatic carbocycles. The maximum absolute atomic E-state index is 11.1. The number of ether oxygens (including phenoxy) is 1. The Hall–Kier alpha value is -0.820. The van der Waals surface area contributed by atoms with E-state index in [1.54, 1.807) is 20.8 Å². The van der Waals surface area contributed by atoms with Crippen LogP contribution >= 0.6 is 0 Å². The fourth-order valence-corrected chi connectivity index (χ4v) is 1.74. The molecule has 0 radical (unpaired) electrons. The SMILES string of the molecule is CC(C)(C)OC(=O)NC[C@@H](O)CS(C)(=O)=O. The van der Waals surface area contributed by atoms with Crippen molar-refractivity contribution >= 4 is 15.9 Å². The number of nitrogens with one attached hydrogen (secondary N) is 1. The Morgan fingerprint density at radius 3 is 2.31 bits per heavy atom.